The molecule has 17 heavy (non-hydrogen) atoms. The summed E-state index contributed by atoms with van der Waals surface area (Å²) in [5.74, 6) is 0.851. The van der Waals surface area contributed by atoms with Crippen LogP contribution in [0.3, 0.4) is 0 Å². The normalized spacial score (nSPS) is 13.5. The van der Waals surface area contributed by atoms with E-state index in [-0.39, 0.29) is 11.2 Å². The molecule has 1 amide bonds. The van der Waals surface area contributed by atoms with Crippen molar-refractivity contribution in [1.29, 1.82) is 0 Å². The molecular formula is C12H20N2O2S. The van der Waals surface area contributed by atoms with Crippen LogP contribution in [0, 0.1) is 0 Å². The molecule has 0 saturated carbocycles. The maximum absolute atomic E-state index is 11.8. The van der Waals surface area contributed by atoms with E-state index in [1.165, 1.54) is 11.8 Å². The van der Waals surface area contributed by atoms with E-state index >= 15 is 0 Å². The average Bonchev–Trinajstić information content (AvgIpc) is 2.76. The average molecular weight is 256 g/mol. The van der Waals surface area contributed by atoms with Crippen LogP contribution >= 0.6 is 11.8 Å². The molecule has 0 aliphatic rings. The zero-order chi connectivity index (χ0) is 13.1. The first-order valence-corrected chi connectivity index (χ1v) is 7.00. The van der Waals surface area contributed by atoms with Gasteiger partial charge >= 0.3 is 0 Å². The monoisotopic (exact) mass is 256 g/mol. The van der Waals surface area contributed by atoms with Gasteiger partial charge in [0, 0.05) is 12.5 Å². The number of carbonyl (C=O) groups excluding carboxylic acids is 1. The van der Waals surface area contributed by atoms with E-state index in [2.05, 4.69) is 10.5 Å². The molecule has 1 aromatic heterocycles. The summed E-state index contributed by atoms with van der Waals surface area (Å²) in [6, 6.07) is 1.89. The Kier molecular flexibility index (Phi) is 4.62. The molecule has 1 atom stereocenters. The van der Waals surface area contributed by atoms with E-state index in [0.29, 0.717) is 0 Å². The smallest absolute Gasteiger partial charge is 0.233 e. The van der Waals surface area contributed by atoms with Gasteiger partial charge in [-0.25, -0.2) is 0 Å². The maximum Gasteiger partial charge on any atom is 0.233 e. The van der Waals surface area contributed by atoms with Gasteiger partial charge in [-0.1, -0.05) is 12.1 Å². The topological polar surface area (TPSA) is 55.1 Å². The zero-order valence-electron chi connectivity index (χ0n) is 11.0. The van der Waals surface area contributed by atoms with Crippen LogP contribution < -0.4 is 5.32 Å². The molecule has 1 N–H and O–H groups in total. The Morgan fingerprint density at radius 1 is 1.65 bits per heavy atom. The van der Waals surface area contributed by atoms with Crippen molar-refractivity contribution in [3.8, 4) is 0 Å². The number of rotatable bonds is 5. The minimum Gasteiger partial charge on any atom is -0.361 e. The second kappa shape index (κ2) is 5.58. The molecular weight excluding hydrogens is 236 g/mol. The lowest BCUT2D eigenvalue weighted by atomic mass is 10.00. The highest BCUT2D eigenvalue weighted by Crippen LogP contribution is 2.21. The molecule has 1 aromatic rings. The molecule has 1 rings (SSSR count). The van der Waals surface area contributed by atoms with Gasteiger partial charge in [0.2, 0.25) is 5.91 Å². The molecule has 1 heterocycles. The third-order valence-electron chi connectivity index (χ3n) is 2.71. The lowest BCUT2D eigenvalue weighted by Gasteiger charge is -2.25. The number of thioether (sulfide) groups is 1. The van der Waals surface area contributed by atoms with Crippen molar-refractivity contribution in [2.75, 3.05) is 6.26 Å². The lowest BCUT2D eigenvalue weighted by Crippen LogP contribution is -2.44. The molecule has 0 saturated heterocycles. The second-order valence-electron chi connectivity index (χ2n) is 4.52. The van der Waals surface area contributed by atoms with E-state index in [4.69, 9.17) is 4.52 Å². The fraction of sp³-hybridized carbons (Fsp3) is 0.667. The summed E-state index contributed by atoms with van der Waals surface area (Å²) in [7, 11) is 0. The molecule has 0 radical (unpaired) electrons. The highest BCUT2D eigenvalue weighted by molar-refractivity contribution is 7.99. The van der Waals surface area contributed by atoms with Gasteiger partial charge in [0.05, 0.1) is 10.8 Å². The van der Waals surface area contributed by atoms with E-state index < -0.39 is 5.54 Å². The van der Waals surface area contributed by atoms with Gasteiger partial charge in [-0.2, -0.15) is 11.8 Å². The number of hydrogen-bond acceptors (Lipinski definition) is 4. The first-order valence-electron chi connectivity index (χ1n) is 5.71. The van der Waals surface area contributed by atoms with Gasteiger partial charge in [-0.05, 0) is 27.0 Å². The van der Waals surface area contributed by atoms with Gasteiger partial charge in [0.1, 0.15) is 11.5 Å². The summed E-state index contributed by atoms with van der Waals surface area (Å²) in [6.07, 6.45) is 2.72. The Hall–Kier alpha value is -0.970. The number of aryl methyl sites for hydroxylation is 1. The second-order valence-corrected chi connectivity index (χ2v) is 5.70. The molecule has 0 aromatic carbocycles. The Balaban J connectivity index is 2.77. The first-order chi connectivity index (χ1) is 7.90. The zero-order valence-corrected chi connectivity index (χ0v) is 11.9. The molecule has 0 fully saturated rings. The maximum atomic E-state index is 11.8. The standard InChI is InChI=1S/C12H20N2O2S/c1-6-9-7-10(14-16-9)12(3,4)13-11(15)8(2)17-5/h7-8H,6H2,1-5H3,(H,13,15). The number of amides is 1. The van der Waals surface area contributed by atoms with Crippen LogP contribution in [0.15, 0.2) is 10.6 Å². The lowest BCUT2D eigenvalue weighted by molar-refractivity contribution is -0.122. The molecule has 4 nitrogen and oxygen atoms in total. The minimum absolute atomic E-state index is 0.0172. The Bertz CT molecular complexity index is 388. The number of carbonyl (C=O) groups is 1. The van der Waals surface area contributed by atoms with Crippen molar-refractivity contribution < 1.29 is 9.32 Å². The molecule has 0 aliphatic carbocycles. The highest BCUT2D eigenvalue weighted by atomic mass is 32.2. The number of aromatic nitrogens is 1. The van der Waals surface area contributed by atoms with E-state index in [1.54, 1.807) is 0 Å². The van der Waals surface area contributed by atoms with Crippen molar-refractivity contribution in [2.24, 2.45) is 0 Å². The van der Waals surface area contributed by atoms with Crippen LogP contribution in [0.25, 0.3) is 0 Å². The van der Waals surface area contributed by atoms with Gasteiger partial charge in [-0.3, -0.25) is 4.79 Å². The van der Waals surface area contributed by atoms with Crippen LogP contribution in [0.1, 0.15) is 39.1 Å². The van der Waals surface area contributed by atoms with Crippen LogP contribution in [0.5, 0.6) is 0 Å². The van der Waals surface area contributed by atoms with Gasteiger partial charge in [0.15, 0.2) is 0 Å². The van der Waals surface area contributed by atoms with Crippen LogP contribution in [0.2, 0.25) is 0 Å². The SMILES string of the molecule is CCc1cc(C(C)(C)NC(=O)C(C)SC)no1. The summed E-state index contributed by atoms with van der Waals surface area (Å²) >= 11 is 1.52. The van der Waals surface area contributed by atoms with E-state index in [0.717, 1.165) is 17.9 Å². The summed E-state index contributed by atoms with van der Waals surface area (Å²) in [5, 5.41) is 6.92. The minimum atomic E-state index is -0.502. The van der Waals surface area contributed by atoms with Crippen LogP contribution in [-0.4, -0.2) is 22.6 Å². The van der Waals surface area contributed by atoms with Crippen molar-refractivity contribution in [2.45, 2.75) is 44.9 Å². The summed E-state index contributed by atoms with van der Waals surface area (Å²) in [6.45, 7) is 7.74. The number of nitrogens with one attached hydrogen (secondary N) is 1. The quantitative estimate of drug-likeness (QED) is 0.878. The summed E-state index contributed by atoms with van der Waals surface area (Å²) in [4.78, 5) is 11.8. The Morgan fingerprint density at radius 3 is 2.76 bits per heavy atom. The fourth-order valence-corrected chi connectivity index (χ4v) is 1.63. The number of hydrogen-bond donors (Lipinski definition) is 1. The molecule has 96 valence electrons. The van der Waals surface area contributed by atoms with Gasteiger partial charge < -0.3 is 9.84 Å². The predicted octanol–water partition coefficient (Wildman–Crippen LogP) is 2.34. The third-order valence-corrected chi connectivity index (χ3v) is 3.63. The fourth-order valence-electron chi connectivity index (χ4n) is 1.35. The van der Waals surface area contributed by atoms with E-state index in [1.807, 2.05) is 40.0 Å². The Morgan fingerprint density at radius 2 is 2.29 bits per heavy atom. The molecule has 0 aliphatic heterocycles. The molecule has 0 bridgehead atoms. The van der Waals surface area contributed by atoms with Crippen LogP contribution in [-0.2, 0) is 16.8 Å². The van der Waals surface area contributed by atoms with Gasteiger partial charge in [0.25, 0.3) is 0 Å². The third kappa shape index (κ3) is 3.49. The van der Waals surface area contributed by atoms with Crippen molar-refractivity contribution in [3.63, 3.8) is 0 Å². The highest BCUT2D eigenvalue weighted by Gasteiger charge is 2.28. The summed E-state index contributed by atoms with van der Waals surface area (Å²) in [5.41, 5.74) is 0.258. The van der Waals surface area contributed by atoms with Crippen molar-refractivity contribution in [1.82, 2.24) is 10.5 Å². The molecule has 1 unspecified atom stereocenters. The van der Waals surface area contributed by atoms with Crippen molar-refractivity contribution in [3.05, 3.63) is 17.5 Å². The Labute approximate surface area is 107 Å². The first kappa shape index (κ1) is 14.1. The summed E-state index contributed by atoms with van der Waals surface area (Å²) < 4.78 is 5.16. The largest absolute Gasteiger partial charge is 0.361 e. The number of nitrogens with zero attached hydrogens (tertiary/aromatic N) is 1. The molecule has 0 spiro atoms. The molecule has 5 heteroatoms. The van der Waals surface area contributed by atoms with Gasteiger partial charge in [-0.15, -0.1) is 0 Å². The van der Waals surface area contributed by atoms with Crippen molar-refractivity contribution >= 4 is 17.7 Å². The van der Waals surface area contributed by atoms with E-state index in [9.17, 15) is 4.79 Å². The van der Waals surface area contributed by atoms with Crippen LogP contribution in [0.4, 0.5) is 0 Å². The predicted molar refractivity (Wildman–Crippen MR) is 70.0 cm³/mol.